The number of halogens is 2. The van der Waals surface area contributed by atoms with Crippen LogP contribution in [0.4, 0.5) is 5.69 Å². The molecule has 1 aromatic carbocycles. The minimum atomic E-state index is 0.00252. The second-order valence-corrected chi connectivity index (χ2v) is 4.08. The Morgan fingerprint density at radius 2 is 2.27 bits per heavy atom. The van der Waals surface area contributed by atoms with E-state index in [1.165, 1.54) is 6.92 Å². The highest BCUT2D eigenvalue weighted by Gasteiger charge is 2.05. The van der Waals surface area contributed by atoms with Crippen LogP contribution in [-0.2, 0) is 0 Å². The van der Waals surface area contributed by atoms with Crippen LogP contribution in [0.15, 0.2) is 27.7 Å². The van der Waals surface area contributed by atoms with Crippen LogP contribution < -0.4 is 5.73 Å². The Morgan fingerprint density at radius 1 is 1.60 bits per heavy atom. The molecule has 0 atom stereocenters. The molecule has 1 aromatic rings. The van der Waals surface area contributed by atoms with Crippen LogP contribution in [0.1, 0.15) is 17.3 Å². The molecule has 80 valence electrons. The smallest absolute Gasteiger partial charge is 0.160 e. The number of benzene rings is 1. The lowest BCUT2D eigenvalue weighted by Gasteiger charge is -2.01. The summed E-state index contributed by atoms with van der Waals surface area (Å²) in [4.78, 5) is 15.2. The number of carbonyl (C=O) groups is 1. The fraction of sp³-hybridized carbons (Fsp3) is 0.200. The highest BCUT2D eigenvalue weighted by Crippen LogP contribution is 2.23. The molecule has 0 fully saturated rings. The van der Waals surface area contributed by atoms with Gasteiger partial charge >= 0.3 is 0 Å². The maximum absolute atomic E-state index is 11.1. The van der Waals surface area contributed by atoms with Gasteiger partial charge in [-0.3, -0.25) is 4.79 Å². The van der Waals surface area contributed by atoms with E-state index in [-0.39, 0.29) is 11.7 Å². The average molecular weight is 290 g/mol. The maximum Gasteiger partial charge on any atom is 0.160 e. The van der Waals surface area contributed by atoms with E-state index in [4.69, 9.17) is 17.3 Å². The molecule has 1 rings (SSSR count). The Morgan fingerprint density at radius 3 is 2.73 bits per heavy atom. The maximum atomic E-state index is 11.1. The number of nitrogens with two attached hydrogens (primary N) is 1. The van der Waals surface area contributed by atoms with Gasteiger partial charge in [0.25, 0.3) is 0 Å². The summed E-state index contributed by atoms with van der Waals surface area (Å²) in [6.07, 6.45) is 0. The summed E-state index contributed by atoms with van der Waals surface area (Å²) in [6, 6.07) is 5.16. The van der Waals surface area contributed by atoms with E-state index in [1.54, 1.807) is 18.2 Å². The number of aliphatic imine (C=N–C) groups is 1. The molecule has 2 N–H and O–H groups in total. The van der Waals surface area contributed by atoms with E-state index in [0.29, 0.717) is 21.6 Å². The van der Waals surface area contributed by atoms with Gasteiger partial charge in [0.15, 0.2) is 5.78 Å². The van der Waals surface area contributed by atoms with Crippen molar-refractivity contribution in [2.24, 2.45) is 10.7 Å². The fourth-order valence-electron chi connectivity index (χ4n) is 1.05. The van der Waals surface area contributed by atoms with E-state index in [9.17, 15) is 4.79 Å². The topological polar surface area (TPSA) is 55.5 Å². The molecular weight excluding hydrogens is 279 g/mol. The number of Topliss-reactive ketones (excluding diaryl/α,β-unsaturated/α-hetero) is 1. The fourth-order valence-corrected chi connectivity index (χ4v) is 1.76. The van der Waals surface area contributed by atoms with E-state index < -0.39 is 0 Å². The quantitative estimate of drug-likeness (QED) is 0.402. The van der Waals surface area contributed by atoms with E-state index in [2.05, 4.69) is 20.9 Å². The predicted octanol–water partition coefficient (Wildman–Crippen LogP) is 2.88. The first-order valence-corrected chi connectivity index (χ1v) is 5.57. The number of rotatable bonds is 3. The normalized spacial score (nSPS) is 11.5. The van der Waals surface area contributed by atoms with Gasteiger partial charge in [0.1, 0.15) is 5.84 Å². The Labute approximate surface area is 101 Å². The third-order valence-corrected chi connectivity index (χ3v) is 2.67. The van der Waals surface area contributed by atoms with Gasteiger partial charge in [0.05, 0.1) is 11.6 Å². The molecule has 3 nitrogen and oxygen atoms in total. The van der Waals surface area contributed by atoms with Crippen LogP contribution in [0.3, 0.4) is 0 Å². The largest absolute Gasteiger partial charge is 0.386 e. The number of nitrogens with zero attached hydrogens (tertiary/aromatic N) is 1. The summed E-state index contributed by atoms with van der Waals surface area (Å²) in [6.45, 7) is 1.51. The first-order valence-electron chi connectivity index (χ1n) is 4.24. The Hall–Kier alpha value is -0.870. The van der Waals surface area contributed by atoms with Crippen molar-refractivity contribution in [1.82, 2.24) is 0 Å². The molecule has 0 bridgehead atoms. The molecule has 5 heteroatoms. The molecule has 15 heavy (non-hydrogen) atoms. The van der Waals surface area contributed by atoms with Crippen molar-refractivity contribution in [1.29, 1.82) is 0 Å². The van der Waals surface area contributed by atoms with E-state index in [1.807, 2.05) is 0 Å². The summed E-state index contributed by atoms with van der Waals surface area (Å²) in [5.74, 6) is 0.536. The summed E-state index contributed by atoms with van der Waals surface area (Å²) in [5, 5.41) is 0. The van der Waals surface area contributed by atoms with Crippen LogP contribution in [0.2, 0.25) is 0 Å². The highest BCUT2D eigenvalue weighted by atomic mass is 79.9. The zero-order chi connectivity index (χ0) is 11.4. The number of hydrogen-bond donors (Lipinski definition) is 1. The Bertz CT molecular complexity index is 418. The van der Waals surface area contributed by atoms with Crippen LogP contribution in [0.5, 0.6) is 0 Å². The monoisotopic (exact) mass is 288 g/mol. The molecule has 0 aromatic heterocycles. The van der Waals surface area contributed by atoms with Crippen LogP contribution >= 0.6 is 27.5 Å². The number of carbonyl (C=O) groups excluding carboxylic acids is 1. The van der Waals surface area contributed by atoms with Gasteiger partial charge in [-0.2, -0.15) is 0 Å². The lowest BCUT2D eigenvalue weighted by atomic mass is 10.1. The summed E-state index contributed by atoms with van der Waals surface area (Å²) in [7, 11) is 0. The van der Waals surface area contributed by atoms with Gasteiger partial charge in [-0.15, -0.1) is 11.6 Å². The summed E-state index contributed by atoms with van der Waals surface area (Å²) >= 11 is 8.80. The van der Waals surface area contributed by atoms with Gasteiger partial charge in [-0.1, -0.05) is 0 Å². The molecule has 0 unspecified atom stereocenters. The summed E-state index contributed by atoms with van der Waals surface area (Å²) < 4.78 is 0.707. The third kappa shape index (κ3) is 3.32. The van der Waals surface area contributed by atoms with Gasteiger partial charge < -0.3 is 5.73 Å². The lowest BCUT2D eigenvalue weighted by Crippen LogP contribution is -2.12. The average Bonchev–Trinajstić information content (AvgIpc) is 2.17. The van der Waals surface area contributed by atoms with Gasteiger partial charge in [-0.25, -0.2) is 4.99 Å². The molecule has 0 aliphatic heterocycles. The number of ketones is 1. The SMILES string of the molecule is CC(=O)c1ccc(N=C(N)CCl)cc1Br. The standard InChI is InChI=1S/C10H10BrClN2O/c1-6(15)8-3-2-7(4-9(8)11)14-10(13)5-12/h2-4H,5H2,1H3,(H2,13,14). The van der Waals surface area contributed by atoms with Crippen molar-refractivity contribution in [3.05, 3.63) is 28.2 Å². The van der Waals surface area contributed by atoms with Crippen LogP contribution in [-0.4, -0.2) is 17.5 Å². The van der Waals surface area contributed by atoms with Crippen molar-refractivity contribution in [2.75, 3.05) is 5.88 Å². The van der Waals surface area contributed by atoms with Gasteiger partial charge in [0.2, 0.25) is 0 Å². The minimum absolute atomic E-state index is 0.00252. The second kappa shape index (κ2) is 5.28. The third-order valence-electron chi connectivity index (χ3n) is 1.74. The molecular formula is C10H10BrClN2O. The van der Waals surface area contributed by atoms with Crippen LogP contribution in [0.25, 0.3) is 0 Å². The molecule has 0 heterocycles. The van der Waals surface area contributed by atoms with E-state index >= 15 is 0 Å². The number of hydrogen-bond acceptors (Lipinski definition) is 2. The molecule has 0 spiro atoms. The minimum Gasteiger partial charge on any atom is -0.386 e. The molecule has 0 aliphatic rings. The lowest BCUT2D eigenvalue weighted by molar-refractivity contribution is 0.101. The number of alkyl halides is 1. The molecule has 0 aliphatic carbocycles. The van der Waals surface area contributed by atoms with Crippen molar-refractivity contribution in [2.45, 2.75) is 6.92 Å². The molecule has 0 amide bonds. The highest BCUT2D eigenvalue weighted by molar-refractivity contribution is 9.10. The van der Waals surface area contributed by atoms with Gasteiger partial charge in [-0.05, 0) is 41.1 Å². The van der Waals surface area contributed by atoms with Crippen molar-refractivity contribution >= 4 is 44.8 Å². The first-order chi connectivity index (χ1) is 7.04. The molecule has 0 radical (unpaired) electrons. The molecule has 0 saturated heterocycles. The number of amidine groups is 1. The zero-order valence-corrected chi connectivity index (χ0v) is 10.5. The zero-order valence-electron chi connectivity index (χ0n) is 8.13. The first kappa shape index (κ1) is 12.2. The summed E-state index contributed by atoms with van der Waals surface area (Å²) in [5.41, 5.74) is 6.78. The Balaban J connectivity index is 3.07. The van der Waals surface area contributed by atoms with Crippen LogP contribution in [0, 0.1) is 0 Å². The second-order valence-electron chi connectivity index (χ2n) is 2.96. The van der Waals surface area contributed by atoms with Crippen molar-refractivity contribution in [3.63, 3.8) is 0 Å². The predicted molar refractivity (Wildman–Crippen MR) is 66.1 cm³/mol. The van der Waals surface area contributed by atoms with Gasteiger partial charge in [0, 0.05) is 10.0 Å². The van der Waals surface area contributed by atoms with Crippen molar-refractivity contribution < 1.29 is 4.79 Å². The van der Waals surface area contributed by atoms with E-state index in [0.717, 1.165) is 0 Å². The Kier molecular flexibility index (Phi) is 4.29. The van der Waals surface area contributed by atoms with Crippen molar-refractivity contribution in [3.8, 4) is 0 Å². The molecule has 0 saturated carbocycles.